The molecule has 0 spiro atoms. The van der Waals surface area contributed by atoms with E-state index in [-0.39, 0.29) is 47.0 Å². The largest absolute Gasteiger partial charge is 0.456 e. The van der Waals surface area contributed by atoms with Gasteiger partial charge in [-0.05, 0) is 42.4 Å². The summed E-state index contributed by atoms with van der Waals surface area (Å²) in [5, 5.41) is 4.58. The van der Waals surface area contributed by atoms with Gasteiger partial charge in [0.1, 0.15) is 11.2 Å². The first-order valence-corrected chi connectivity index (χ1v) is 19.3. The van der Waals surface area contributed by atoms with Crippen molar-refractivity contribution in [2.75, 3.05) is 0 Å². The van der Waals surface area contributed by atoms with Gasteiger partial charge < -0.3 is 8.98 Å². The lowest BCUT2D eigenvalue weighted by atomic mass is 9.97. The van der Waals surface area contributed by atoms with E-state index in [0.29, 0.717) is 54.8 Å². The van der Waals surface area contributed by atoms with Crippen LogP contribution in [0.25, 0.3) is 115 Å². The smallest absolute Gasteiger partial charge is 0.166 e. The summed E-state index contributed by atoms with van der Waals surface area (Å²) in [5.41, 5.74) is 7.01. The summed E-state index contributed by atoms with van der Waals surface area (Å²) in [7, 11) is 0. The Morgan fingerprint density at radius 1 is 0.456 bits per heavy atom. The van der Waals surface area contributed by atoms with Gasteiger partial charge >= 0.3 is 0 Å². The maximum Gasteiger partial charge on any atom is 0.166 e. The average molecular weight is 753 g/mol. The Morgan fingerprint density at radius 2 is 1.12 bits per heavy atom. The zero-order valence-electron chi connectivity index (χ0n) is 36.0. The van der Waals surface area contributed by atoms with Crippen LogP contribution in [0.5, 0.6) is 0 Å². The third kappa shape index (κ3) is 4.98. The van der Waals surface area contributed by atoms with Gasteiger partial charge in [-0.1, -0.05) is 139 Å². The van der Waals surface area contributed by atoms with Crippen molar-refractivity contribution in [2.45, 2.75) is 0 Å². The fraction of sp³-hybridized carbons (Fsp3) is 0. The molecule has 0 aliphatic heterocycles. The number of nitrogens with zero attached hydrogens (tertiary/aromatic N) is 4. The zero-order valence-corrected chi connectivity index (χ0v) is 30.8. The molecular weight excluding hydrogens is 717 g/mol. The molecule has 6 heteroatoms. The van der Waals surface area contributed by atoms with Crippen molar-refractivity contribution in [2.24, 2.45) is 0 Å². The second-order valence-electron chi connectivity index (χ2n) is 13.9. The van der Waals surface area contributed by atoms with Crippen molar-refractivity contribution in [3.05, 3.63) is 182 Å². The molecule has 0 aliphatic rings. The quantitative estimate of drug-likeness (QED) is 0.176. The molecule has 0 saturated heterocycles. The lowest BCUT2D eigenvalue weighted by Crippen LogP contribution is -2.05. The average Bonchev–Trinajstić information content (AvgIpc) is 4.01. The SMILES string of the molecule is [2H]c1cc([2H])c2sc3c(-c4cccc(-c5nc(-c6ccccc6)nc(-c6ccc7c(c6)oc6ccccc67)n5)c4-n4c5ccccc5c5ccccc54)c([2H])c([2H])c([2H])c3c2c1[2H]. The van der Waals surface area contributed by atoms with Crippen LogP contribution in [0.4, 0.5) is 0 Å². The molecule has 12 aromatic rings. The highest BCUT2D eigenvalue weighted by molar-refractivity contribution is 7.26. The normalized spacial score (nSPS) is 13.3. The molecule has 0 saturated carbocycles. The van der Waals surface area contributed by atoms with E-state index in [1.807, 2.05) is 115 Å². The molecule has 0 aliphatic carbocycles. The lowest BCUT2D eigenvalue weighted by molar-refractivity contribution is 0.669. The lowest BCUT2D eigenvalue weighted by Gasteiger charge is -2.19. The Balaban J connectivity index is 1.22. The van der Waals surface area contributed by atoms with Crippen LogP contribution in [-0.4, -0.2) is 19.5 Å². The summed E-state index contributed by atoms with van der Waals surface area (Å²) in [6.45, 7) is 0. The number of hydrogen-bond acceptors (Lipinski definition) is 5. The first-order chi connectivity index (χ1) is 30.7. The summed E-state index contributed by atoms with van der Waals surface area (Å²) >= 11 is 1.21. The number of rotatable bonds is 5. The van der Waals surface area contributed by atoms with E-state index in [2.05, 4.69) is 28.8 Å². The number of para-hydroxylation sites is 4. The van der Waals surface area contributed by atoms with Crippen molar-refractivity contribution in [3.8, 4) is 51.0 Å². The molecule has 4 heterocycles. The molecule has 0 amide bonds. The minimum Gasteiger partial charge on any atom is -0.456 e. The second kappa shape index (κ2) is 12.6. The molecular formula is C51H30N4OS. The summed E-state index contributed by atoms with van der Waals surface area (Å²) in [6.07, 6.45) is 0. The van der Waals surface area contributed by atoms with E-state index < -0.39 is 0 Å². The van der Waals surface area contributed by atoms with E-state index in [1.165, 1.54) is 17.4 Å². The number of fused-ring (bicyclic) bond motifs is 9. The van der Waals surface area contributed by atoms with Gasteiger partial charge in [-0.25, -0.2) is 15.0 Å². The molecule has 266 valence electrons. The van der Waals surface area contributed by atoms with Crippen molar-refractivity contribution in [1.82, 2.24) is 19.5 Å². The second-order valence-corrected chi connectivity index (χ2v) is 14.9. The van der Waals surface area contributed by atoms with Crippen molar-refractivity contribution in [3.63, 3.8) is 0 Å². The predicted molar refractivity (Wildman–Crippen MR) is 236 cm³/mol. The fourth-order valence-electron chi connectivity index (χ4n) is 8.10. The van der Waals surface area contributed by atoms with Crippen LogP contribution in [0.1, 0.15) is 8.22 Å². The molecule has 0 atom stereocenters. The van der Waals surface area contributed by atoms with Crippen LogP contribution in [0.2, 0.25) is 0 Å². The number of thiophene rings is 1. The van der Waals surface area contributed by atoms with E-state index >= 15 is 0 Å². The Labute approximate surface area is 339 Å². The summed E-state index contributed by atoms with van der Waals surface area (Å²) in [6, 6.07) is 46.2. The summed E-state index contributed by atoms with van der Waals surface area (Å²) < 4.78 is 63.6. The minimum absolute atomic E-state index is 0.0546. The van der Waals surface area contributed by atoms with Gasteiger partial charge in [0, 0.05) is 69.5 Å². The maximum absolute atomic E-state index is 9.61. The van der Waals surface area contributed by atoms with Crippen LogP contribution in [0.3, 0.4) is 0 Å². The van der Waals surface area contributed by atoms with Crippen LogP contribution in [-0.2, 0) is 0 Å². The Kier molecular flexibility index (Phi) is 5.82. The molecule has 8 aromatic carbocycles. The van der Waals surface area contributed by atoms with Gasteiger partial charge in [-0.15, -0.1) is 11.3 Å². The molecule has 0 N–H and O–H groups in total. The summed E-state index contributed by atoms with van der Waals surface area (Å²) in [5.74, 6) is 1.25. The van der Waals surface area contributed by atoms with Gasteiger partial charge in [0.15, 0.2) is 17.5 Å². The first-order valence-electron chi connectivity index (χ1n) is 21.5. The van der Waals surface area contributed by atoms with E-state index in [9.17, 15) is 2.74 Å². The standard InChI is InChI=1S/C51H30N4OS/c1-2-14-31(15-3-1)49-52-50(32-28-29-36-35-18-6-10-26-44(35)56-45(36)30-32)54-51(53-49)41-23-12-20-38(40-22-13-21-39-37-19-7-11-27-46(37)57-48(39)40)47(41)55-42-24-8-4-16-33(42)34-17-5-9-25-43(34)55/h1-30H/i7D,13D,19D,21D,22D,27D. The molecule has 0 unspecified atom stereocenters. The third-order valence-corrected chi connectivity index (χ3v) is 11.8. The van der Waals surface area contributed by atoms with Crippen LogP contribution < -0.4 is 0 Å². The van der Waals surface area contributed by atoms with E-state index in [4.69, 9.17) is 24.9 Å². The monoisotopic (exact) mass is 752 g/mol. The zero-order chi connectivity index (χ0) is 42.7. The molecule has 12 rings (SSSR count). The Bertz CT molecular complexity index is 3840. The summed E-state index contributed by atoms with van der Waals surface area (Å²) in [4.78, 5) is 15.5. The molecule has 4 aromatic heterocycles. The third-order valence-electron chi connectivity index (χ3n) is 10.6. The molecule has 5 nitrogen and oxygen atoms in total. The molecule has 0 fully saturated rings. The van der Waals surface area contributed by atoms with Gasteiger partial charge in [0.25, 0.3) is 0 Å². The van der Waals surface area contributed by atoms with Crippen LogP contribution >= 0.6 is 11.3 Å². The van der Waals surface area contributed by atoms with Gasteiger partial charge in [-0.3, -0.25) is 0 Å². The van der Waals surface area contributed by atoms with E-state index in [0.717, 1.165) is 49.3 Å². The van der Waals surface area contributed by atoms with Crippen molar-refractivity contribution in [1.29, 1.82) is 0 Å². The highest BCUT2D eigenvalue weighted by Gasteiger charge is 2.24. The minimum atomic E-state index is -0.313. The fourth-order valence-corrected chi connectivity index (χ4v) is 9.19. The van der Waals surface area contributed by atoms with Crippen LogP contribution in [0, 0.1) is 0 Å². The highest BCUT2D eigenvalue weighted by atomic mass is 32.1. The number of hydrogen-bond donors (Lipinski definition) is 0. The topological polar surface area (TPSA) is 56.7 Å². The van der Waals surface area contributed by atoms with Gasteiger partial charge in [-0.2, -0.15) is 0 Å². The van der Waals surface area contributed by atoms with Gasteiger partial charge in [0.2, 0.25) is 0 Å². The predicted octanol–water partition coefficient (Wildman–Crippen LogP) is 13.9. The Hall–Kier alpha value is -7.41. The number of benzene rings is 8. The molecule has 57 heavy (non-hydrogen) atoms. The Morgan fingerprint density at radius 3 is 1.95 bits per heavy atom. The highest BCUT2D eigenvalue weighted by Crippen LogP contribution is 2.46. The number of furan rings is 1. The van der Waals surface area contributed by atoms with Gasteiger partial charge in [0.05, 0.1) is 24.9 Å². The van der Waals surface area contributed by atoms with Crippen LogP contribution in [0.15, 0.2) is 186 Å². The van der Waals surface area contributed by atoms with Crippen molar-refractivity contribution < 1.29 is 12.6 Å². The maximum atomic E-state index is 9.61. The van der Waals surface area contributed by atoms with E-state index in [1.54, 1.807) is 0 Å². The first kappa shape index (κ1) is 26.4. The molecule has 0 radical (unpaired) electrons. The molecule has 0 bridgehead atoms. The number of aromatic nitrogens is 4. The van der Waals surface area contributed by atoms with Crippen molar-refractivity contribution >= 4 is 75.3 Å².